The van der Waals surface area contributed by atoms with Crippen LogP contribution in [-0.2, 0) is 9.53 Å². The fourth-order valence-corrected chi connectivity index (χ4v) is 2.55. The van der Waals surface area contributed by atoms with Crippen LogP contribution in [0.2, 0.25) is 0 Å². The predicted molar refractivity (Wildman–Crippen MR) is 84.9 cm³/mol. The topological polar surface area (TPSA) is 73.6 Å². The van der Waals surface area contributed by atoms with Crippen LogP contribution in [0.4, 0.5) is 0 Å². The van der Waals surface area contributed by atoms with Crippen molar-refractivity contribution in [3.8, 4) is 6.07 Å². The molecule has 0 aromatic heterocycles. The smallest absolute Gasteiger partial charge is 0.346 e. The van der Waals surface area contributed by atoms with Crippen LogP contribution in [0.1, 0.15) is 46.0 Å². The van der Waals surface area contributed by atoms with Gasteiger partial charge in [0.1, 0.15) is 18.2 Å². The second-order valence-electron chi connectivity index (χ2n) is 5.69. The summed E-state index contributed by atoms with van der Waals surface area (Å²) in [5.41, 5.74) is 0.396. The minimum atomic E-state index is -1.17. The second kappa shape index (κ2) is 9.14. The van der Waals surface area contributed by atoms with Crippen LogP contribution >= 0.6 is 0 Å². The number of aliphatic carboxylic acids is 1. The van der Waals surface area contributed by atoms with Crippen molar-refractivity contribution in [3.63, 3.8) is 0 Å². The standard InChI is InChI=1S/C17H26N2O3/c1-4-6-7-13(5-2)10-14(15(12-18)17(20)21)11-16-19(3)8-9-22-16/h11,13H,4-10H2,1-3H3,(H,20,21). The number of carbonyl (C=O) groups is 1. The third-order valence-corrected chi connectivity index (χ3v) is 4.05. The summed E-state index contributed by atoms with van der Waals surface area (Å²) in [5, 5.41) is 18.5. The number of hydrogen-bond donors (Lipinski definition) is 1. The summed E-state index contributed by atoms with van der Waals surface area (Å²) in [4.78, 5) is 13.3. The molecule has 0 aromatic carbocycles. The van der Waals surface area contributed by atoms with E-state index >= 15 is 0 Å². The van der Waals surface area contributed by atoms with Gasteiger partial charge in [0.05, 0.1) is 6.54 Å². The Labute approximate surface area is 132 Å². The van der Waals surface area contributed by atoms with E-state index in [1.807, 2.05) is 18.0 Å². The van der Waals surface area contributed by atoms with Gasteiger partial charge in [-0.25, -0.2) is 4.79 Å². The van der Waals surface area contributed by atoms with Gasteiger partial charge in [-0.2, -0.15) is 5.26 Å². The van der Waals surface area contributed by atoms with Crippen LogP contribution in [0.15, 0.2) is 23.1 Å². The van der Waals surface area contributed by atoms with Crippen molar-refractivity contribution in [1.29, 1.82) is 5.26 Å². The molecule has 0 aliphatic carbocycles. The average Bonchev–Trinajstić information content (AvgIpc) is 2.88. The molecular formula is C17H26N2O3. The first-order valence-corrected chi connectivity index (χ1v) is 7.95. The van der Waals surface area contributed by atoms with Crippen LogP contribution in [-0.4, -0.2) is 36.2 Å². The maximum atomic E-state index is 11.3. The zero-order chi connectivity index (χ0) is 16.5. The quantitative estimate of drug-likeness (QED) is 0.550. The Morgan fingerprint density at radius 1 is 1.55 bits per heavy atom. The molecule has 1 heterocycles. The zero-order valence-electron chi connectivity index (χ0n) is 13.8. The molecule has 1 rings (SSSR count). The first-order valence-electron chi connectivity index (χ1n) is 7.95. The van der Waals surface area contributed by atoms with Gasteiger partial charge < -0.3 is 14.7 Å². The van der Waals surface area contributed by atoms with E-state index in [9.17, 15) is 15.2 Å². The number of carboxylic acid groups (broad SMARTS) is 1. The summed E-state index contributed by atoms with van der Waals surface area (Å²) in [5.74, 6) is -0.129. The van der Waals surface area contributed by atoms with Crippen molar-refractivity contribution in [2.45, 2.75) is 46.0 Å². The van der Waals surface area contributed by atoms with Crippen molar-refractivity contribution in [1.82, 2.24) is 4.90 Å². The molecule has 0 radical (unpaired) electrons. The fraction of sp³-hybridized carbons (Fsp3) is 0.647. The summed E-state index contributed by atoms with van der Waals surface area (Å²) in [6.45, 7) is 5.62. The highest BCUT2D eigenvalue weighted by molar-refractivity contribution is 5.92. The summed E-state index contributed by atoms with van der Waals surface area (Å²) in [6, 6.07) is 1.84. The van der Waals surface area contributed by atoms with Gasteiger partial charge in [-0.15, -0.1) is 0 Å². The highest BCUT2D eigenvalue weighted by Gasteiger charge is 2.20. The SMILES string of the molecule is CCCCC(CC)CC(C=C1OCCN1C)=C(C#N)C(=O)O. The van der Waals surface area contributed by atoms with Gasteiger partial charge in [-0.1, -0.05) is 39.5 Å². The van der Waals surface area contributed by atoms with Crippen molar-refractivity contribution in [2.75, 3.05) is 20.2 Å². The zero-order valence-corrected chi connectivity index (χ0v) is 13.8. The highest BCUT2D eigenvalue weighted by Crippen LogP contribution is 2.26. The van der Waals surface area contributed by atoms with Crippen LogP contribution in [0.3, 0.4) is 0 Å². The summed E-state index contributed by atoms with van der Waals surface area (Å²) < 4.78 is 5.52. The van der Waals surface area contributed by atoms with Gasteiger partial charge >= 0.3 is 5.97 Å². The summed E-state index contributed by atoms with van der Waals surface area (Å²) >= 11 is 0. The maximum Gasteiger partial charge on any atom is 0.346 e. The minimum absolute atomic E-state index is 0.175. The molecule has 0 amide bonds. The lowest BCUT2D eigenvalue weighted by Crippen LogP contribution is -2.13. The number of nitrogens with zero attached hydrogens (tertiary/aromatic N) is 2. The molecule has 0 spiro atoms. The Kier molecular flexibility index (Phi) is 7.51. The first kappa shape index (κ1) is 18.1. The molecule has 5 heteroatoms. The number of carboxylic acids is 1. The normalized spacial score (nSPS) is 18.6. The molecule has 0 aromatic rings. The Morgan fingerprint density at radius 2 is 2.27 bits per heavy atom. The molecule has 1 atom stereocenters. The molecule has 0 bridgehead atoms. The number of allylic oxidation sites excluding steroid dienone is 2. The molecule has 1 fully saturated rings. The van der Waals surface area contributed by atoms with Gasteiger partial charge in [0.15, 0.2) is 5.88 Å². The van der Waals surface area contributed by atoms with Crippen molar-refractivity contribution in [3.05, 3.63) is 23.1 Å². The van der Waals surface area contributed by atoms with Gasteiger partial charge in [-0.05, 0) is 17.9 Å². The molecular weight excluding hydrogens is 280 g/mol. The van der Waals surface area contributed by atoms with Crippen molar-refractivity contribution in [2.24, 2.45) is 5.92 Å². The molecule has 1 aliphatic rings. The molecule has 1 N–H and O–H groups in total. The summed E-state index contributed by atoms with van der Waals surface area (Å²) in [6.07, 6.45) is 6.59. The van der Waals surface area contributed by atoms with Crippen LogP contribution in [0.5, 0.6) is 0 Å². The van der Waals surface area contributed by atoms with Crippen LogP contribution < -0.4 is 0 Å². The molecule has 22 heavy (non-hydrogen) atoms. The molecule has 0 saturated carbocycles. The van der Waals surface area contributed by atoms with Crippen molar-refractivity contribution < 1.29 is 14.6 Å². The van der Waals surface area contributed by atoms with E-state index in [-0.39, 0.29) is 5.57 Å². The van der Waals surface area contributed by atoms with Gasteiger partial charge in [0.2, 0.25) is 0 Å². The fourth-order valence-electron chi connectivity index (χ4n) is 2.55. The highest BCUT2D eigenvalue weighted by atomic mass is 16.5. The largest absolute Gasteiger partial charge is 0.477 e. The Bertz CT molecular complexity index is 489. The Balaban J connectivity index is 3.07. The van der Waals surface area contributed by atoms with Gasteiger partial charge in [0, 0.05) is 13.1 Å². The Hall–Kier alpha value is -1.96. The maximum absolute atomic E-state index is 11.3. The van der Waals surface area contributed by atoms with E-state index < -0.39 is 5.97 Å². The molecule has 5 nitrogen and oxygen atoms in total. The van der Waals surface area contributed by atoms with Crippen LogP contribution in [0, 0.1) is 17.2 Å². The minimum Gasteiger partial charge on any atom is -0.477 e. The first-order chi connectivity index (χ1) is 10.5. The second-order valence-corrected chi connectivity index (χ2v) is 5.69. The molecule has 1 saturated heterocycles. The number of likely N-dealkylation sites (N-methyl/N-ethyl adjacent to an activating group) is 1. The Morgan fingerprint density at radius 3 is 2.73 bits per heavy atom. The number of rotatable bonds is 8. The number of hydrogen-bond acceptors (Lipinski definition) is 4. The van der Waals surface area contributed by atoms with Crippen LogP contribution in [0.25, 0.3) is 0 Å². The third kappa shape index (κ3) is 5.10. The third-order valence-electron chi connectivity index (χ3n) is 4.05. The molecule has 122 valence electrons. The number of ether oxygens (including phenoxy) is 1. The van der Waals surface area contributed by atoms with E-state index in [1.165, 1.54) is 0 Å². The van der Waals surface area contributed by atoms with Crippen molar-refractivity contribution >= 4 is 5.97 Å². The number of nitriles is 1. The number of unbranched alkanes of at least 4 members (excludes halogenated alkanes) is 1. The van der Waals surface area contributed by atoms with E-state index in [0.29, 0.717) is 30.4 Å². The van der Waals surface area contributed by atoms with Gasteiger partial charge in [0.25, 0.3) is 0 Å². The monoisotopic (exact) mass is 306 g/mol. The van der Waals surface area contributed by atoms with E-state index in [1.54, 1.807) is 6.08 Å². The van der Waals surface area contributed by atoms with E-state index in [0.717, 1.165) is 32.2 Å². The summed E-state index contributed by atoms with van der Waals surface area (Å²) in [7, 11) is 1.90. The lowest BCUT2D eigenvalue weighted by Gasteiger charge is -2.17. The lowest BCUT2D eigenvalue weighted by molar-refractivity contribution is -0.132. The van der Waals surface area contributed by atoms with Gasteiger partial charge in [-0.3, -0.25) is 0 Å². The van der Waals surface area contributed by atoms with E-state index in [2.05, 4.69) is 13.8 Å². The molecule has 1 aliphatic heterocycles. The predicted octanol–water partition coefficient (Wildman–Crippen LogP) is 3.30. The average molecular weight is 306 g/mol. The molecule has 1 unspecified atom stereocenters. The van der Waals surface area contributed by atoms with E-state index in [4.69, 9.17) is 4.74 Å². The lowest BCUT2D eigenvalue weighted by atomic mass is 9.89.